The van der Waals surface area contributed by atoms with Crippen molar-refractivity contribution in [2.75, 3.05) is 49.7 Å². The SMILES string of the molecule is CCCS(=O)(=O)Nc1ccc(C(=O)NCCCN2CCNCC2)cc1. The topological polar surface area (TPSA) is 90.5 Å². The second-order valence-corrected chi connectivity index (χ2v) is 8.04. The first-order valence-corrected chi connectivity index (χ1v) is 10.5. The average Bonchev–Trinajstić information content (AvgIpc) is 2.59. The molecule has 1 aromatic carbocycles. The van der Waals surface area contributed by atoms with Crippen LogP contribution in [0, 0.1) is 0 Å². The molecular formula is C17H28N4O3S. The van der Waals surface area contributed by atoms with E-state index in [1.165, 1.54) is 0 Å². The number of sulfonamides is 1. The Labute approximate surface area is 150 Å². The Morgan fingerprint density at radius 1 is 1.20 bits per heavy atom. The Balaban J connectivity index is 1.74. The normalized spacial score (nSPS) is 15.7. The van der Waals surface area contributed by atoms with Crippen molar-refractivity contribution in [1.82, 2.24) is 15.5 Å². The lowest BCUT2D eigenvalue weighted by Gasteiger charge is -2.27. The molecular weight excluding hydrogens is 340 g/mol. The van der Waals surface area contributed by atoms with Gasteiger partial charge in [0.2, 0.25) is 10.0 Å². The van der Waals surface area contributed by atoms with E-state index in [2.05, 4.69) is 20.3 Å². The molecule has 3 N–H and O–H groups in total. The maximum atomic E-state index is 12.1. The van der Waals surface area contributed by atoms with Crippen LogP contribution in [-0.4, -0.2) is 64.2 Å². The van der Waals surface area contributed by atoms with Gasteiger partial charge in [-0.15, -0.1) is 0 Å². The number of nitrogens with one attached hydrogen (secondary N) is 3. The van der Waals surface area contributed by atoms with Crippen molar-refractivity contribution in [2.45, 2.75) is 19.8 Å². The molecule has 7 nitrogen and oxygen atoms in total. The third-order valence-electron chi connectivity index (χ3n) is 4.04. The number of rotatable bonds is 9. The van der Waals surface area contributed by atoms with E-state index in [9.17, 15) is 13.2 Å². The van der Waals surface area contributed by atoms with Crippen LogP contribution in [0.5, 0.6) is 0 Å². The van der Waals surface area contributed by atoms with Crippen molar-refractivity contribution in [3.63, 3.8) is 0 Å². The van der Waals surface area contributed by atoms with E-state index in [-0.39, 0.29) is 11.7 Å². The van der Waals surface area contributed by atoms with Crippen molar-refractivity contribution < 1.29 is 13.2 Å². The molecule has 1 amide bonds. The molecule has 0 aliphatic carbocycles. The smallest absolute Gasteiger partial charge is 0.251 e. The van der Waals surface area contributed by atoms with E-state index in [0.717, 1.165) is 39.1 Å². The maximum Gasteiger partial charge on any atom is 0.251 e. The number of hydrogen-bond acceptors (Lipinski definition) is 5. The number of carbonyl (C=O) groups excluding carboxylic acids is 1. The zero-order chi connectivity index (χ0) is 18.1. The van der Waals surface area contributed by atoms with Crippen LogP contribution in [0.25, 0.3) is 0 Å². The molecule has 1 aliphatic rings. The summed E-state index contributed by atoms with van der Waals surface area (Å²) in [7, 11) is -3.31. The van der Waals surface area contributed by atoms with E-state index in [4.69, 9.17) is 0 Å². The Morgan fingerprint density at radius 3 is 2.52 bits per heavy atom. The quantitative estimate of drug-likeness (QED) is 0.563. The van der Waals surface area contributed by atoms with Gasteiger partial charge in [-0.1, -0.05) is 6.92 Å². The number of amides is 1. The van der Waals surface area contributed by atoms with Crippen LogP contribution < -0.4 is 15.4 Å². The molecule has 8 heteroatoms. The number of hydrogen-bond donors (Lipinski definition) is 3. The first-order valence-electron chi connectivity index (χ1n) is 8.82. The molecule has 0 spiro atoms. The molecule has 1 saturated heterocycles. The zero-order valence-electron chi connectivity index (χ0n) is 14.8. The number of nitrogens with zero attached hydrogens (tertiary/aromatic N) is 1. The fourth-order valence-electron chi connectivity index (χ4n) is 2.73. The van der Waals surface area contributed by atoms with Gasteiger partial charge in [-0.3, -0.25) is 9.52 Å². The number of anilines is 1. The van der Waals surface area contributed by atoms with Gasteiger partial charge in [0.15, 0.2) is 0 Å². The molecule has 25 heavy (non-hydrogen) atoms. The number of carbonyl (C=O) groups is 1. The highest BCUT2D eigenvalue weighted by molar-refractivity contribution is 7.92. The van der Waals surface area contributed by atoms with Gasteiger partial charge in [-0.2, -0.15) is 0 Å². The molecule has 0 radical (unpaired) electrons. The molecule has 1 heterocycles. The van der Waals surface area contributed by atoms with Crippen LogP contribution in [0.3, 0.4) is 0 Å². The number of piperazine rings is 1. The van der Waals surface area contributed by atoms with E-state index < -0.39 is 10.0 Å². The van der Waals surface area contributed by atoms with Gasteiger partial charge in [0.25, 0.3) is 5.91 Å². The van der Waals surface area contributed by atoms with Gasteiger partial charge in [-0.25, -0.2) is 8.42 Å². The highest BCUT2D eigenvalue weighted by atomic mass is 32.2. The standard InChI is InChI=1S/C17H28N4O3S/c1-2-14-25(23,24)20-16-6-4-15(5-7-16)17(22)19-8-3-11-21-12-9-18-10-13-21/h4-7,18,20H,2-3,8-14H2,1H3,(H,19,22). The first-order chi connectivity index (χ1) is 12.0. The molecule has 0 bridgehead atoms. The van der Waals surface area contributed by atoms with E-state index in [1.807, 2.05) is 6.92 Å². The summed E-state index contributed by atoms with van der Waals surface area (Å²) in [5.41, 5.74) is 1.00. The van der Waals surface area contributed by atoms with Gasteiger partial charge in [0.1, 0.15) is 0 Å². The van der Waals surface area contributed by atoms with Crippen LogP contribution >= 0.6 is 0 Å². The zero-order valence-corrected chi connectivity index (χ0v) is 15.6. The van der Waals surface area contributed by atoms with E-state index >= 15 is 0 Å². The fraction of sp³-hybridized carbons (Fsp3) is 0.588. The van der Waals surface area contributed by atoms with Gasteiger partial charge < -0.3 is 15.5 Å². The Morgan fingerprint density at radius 2 is 1.88 bits per heavy atom. The minimum absolute atomic E-state index is 0.0856. The lowest BCUT2D eigenvalue weighted by molar-refractivity contribution is 0.0951. The molecule has 1 fully saturated rings. The van der Waals surface area contributed by atoms with Crippen molar-refractivity contribution >= 4 is 21.6 Å². The summed E-state index contributed by atoms with van der Waals surface area (Å²) < 4.78 is 26.0. The molecule has 0 unspecified atom stereocenters. The summed E-state index contributed by atoms with van der Waals surface area (Å²) in [6.07, 6.45) is 1.48. The summed E-state index contributed by atoms with van der Waals surface area (Å²) >= 11 is 0. The predicted molar refractivity (Wildman–Crippen MR) is 100 cm³/mol. The third-order valence-corrected chi connectivity index (χ3v) is 5.53. The molecule has 0 saturated carbocycles. The average molecular weight is 369 g/mol. The molecule has 0 atom stereocenters. The maximum absolute atomic E-state index is 12.1. The summed E-state index contributed by atoms with van der Waals surface area (Å²) in [5.74, 6) is -0.0502. The molecule has 1 aromatic rings. The Bertz CT molecular complexity index is 640. The second kappa shape index (κ2) is 9.74. The third kappa shape index (κ3) is 7.01. The summed E-state index contributed by atoms with van der Waals surface area (Å²) in [6, 6.07) is 6.50. The van der Waals surface area contributed by atoms with Crippen LogP contribution in [0.4, 0.5) is 5.69 Å². The lowest BCUT2D eigenvalue weighted by Crippen LogP contribution is -2.44. The van der Waals surface area contributed by atoms with E-state index in [1.54, 1.807) is 24.3 Å². The second-order valence-electron chi connectivity index (χ2n) is 6.20. The van der Waals surface area contributed by atoms with Crippen LogP contribution in [0.15, 0.2) is 24.3 Å². The minimum Gasteiger partial charge on any atom is -0.352 e. The van der Waals surface area contributed by atoms with Crippen molar-refractivity contribution in [2.24, 2.45) is 0 Å². The molecule has 2 rings (SSSR count). The molecule has 0 aromatic heterocycles. The van der Waals surface area contributed by atoms with Gasteiger partial charge in [0.05, 0.1) is 5.75 Å². The van der Waals surface area contributed by atoms with Crippen LogP contribution in [-0.2, 0) is 10.0 Å². The van der Waals surface area contributed by atoms with Crippen molar-refractivity contribution in [3.05, 3.63) is 29.8 Å². The van der Waals surface area contributed by atoms with Gasteiger partial charge >= 0.3 is 0 Å². The van der Waals surface area contributed by atoms with E-state index in [0.29, 0.717) is 24.2 Å². The van der Waals surface area contributed by atoms with Crippen LogP contribution in [0.1, 0.15) is 30.1 Å². The summed E-state index contributed by atoms with van der Waals surface area (Å²) in [6.45, 7) is 7.61. The molecule has 1 aliphatic heterocycles. The van der Waals surface area contributed by atoms with Gasteiger partial charge in [-0.05, 0) is 43.7 Å². The van der Waals surface area contributed by atoms with Crippen LogP contribution in [0.2, 0.25) is 0 Å². The minimum atomic E-state index is -3.31. The largest absolute Gasteiger partial charge is 0.352 e. The van der Waals surface area contributed by atoms with Crippen molar-refractivity contribution in [1.29, 1.82) is 0 Å². The summed E-state index contributed by atoms with van der Waals surface area (Å²) in [4.78, 5) is 14.5. The lowest BCUT2D eigenvalue weighted by atomic mass is 10.2. The highest BCUT2D eigenvalue weighted by Gasteiger charge is 2.11. The van der Waals surface area contributed by atoms with Crippen molar-refractivity contribution in [3.8, 4) is 0 Å². The molecule has 140 valence electrons. The summed E-state index contributed by atoms with van der Waals surface area (Å²) in [5, 5.41) is 6.22. The first kappa shape index (κ1) is 19.7. The highest BCUT2D eigenvalue weighted by Crippen LogP contribution is 2.12. The number of benzene rings is 1. The Hall–Kier alpha value is -1.64. The fourth-order valence-corrected chi connectivity index (χ4v) is 3.87. The monoisotopic (exact) mass is 368 g/mol. The van der Waals surface area contributed by atoms with Gasteiger partial charge in [0, 0.05) is 44.0 Å². The Kier molecular flexibility index (Phi) is 7.67. The predicted octanol–water partition coefficient (Wildman–Crippen LogP) is 0.863.